The highest BCUT2D eigenvalue weighted by atomic mass is 32.1. The summed E-state index contributed by atoms with van der Waals surface area (Å²) in [5.74, 6) is 0. The van der Waals surface area contributed by atoms with Crippen LogP contribution in [0.4, 0.5) is 0 Å². The number of fused-ring (bicyclic) bond motifs is 20. The third-order valence-corrected chi connectivity index (χ3v) is 17.8. The van der Waals surface area contributed by atoms with Gasteiger partial charge in [0.2, 0.25) is 0 Å². The maximum absolute atomic E-state index is 2.47. The molecule has 17 rings (SSSR count). The van der Waals surface area contributed by atoms with Gasteiger partial charge in [0.1, 0.15) is 0 Å². The summed E-state index contributed by atoms with van der Waals surface area (Å²) < 4.78 is 5.13. The van der Waals surface area contributed by atoms with Gasteiger partial charge in [0.15, 0.2) is 0 Å². The van der Waals surface area contributed by atoms with Crippen LogP contribution in [0.25, 0.3) is 167 Å². The Bertz CT molecular complexity index is 5350. The first-order valence-corrected chi connectivity index (χ1v) is 27.1. The Balaban J connectivity index is 0.810. The second-order valence-corrected chi connectivity index (χ2v) is 21.8. The van der Waals surface area contributed by atoms with E-state index in [1.807, 2.05) is 11.3 Å². The molecule has 0 radical (unpaired) electrons. The summed E-state index contributed by atoms with van der Waals surface area (Å²) in [5.41, 5.74) is 10.9. The average molecular weight is 978 g/mol. The number of aromatic nitrogens is 1. The van der Waals surface area contributed by atoms with Crippen molar-refractivity contribution in [3.8, 4) is 39.1 Å². The Morgan fingerprint density at radius 1 is 0.224 bits per heavy atom. The van der Waals surface area contributed by atoms with Crippen molar-refractivity contribution in [3.63, 3.8) is 0 Å². The van der Waals surface area contributed by atoms with E-state index in [9.17, 15) is 0 Å². The number of thiophene rings is 1. The number of para-hydroxylation sites is 1. The first kappa shape index (κ1) is 41.8. The van der Waals surface area contributed by atoms with E-state index in [-0.39, 0.29) is 0 Å². The molecular weight excluding hydrogens is 935 g/mol. The zero-order valence-corrected chi connectivity index (χ0v) is 42.0. The van der Waals surface area contributed by atoms with Crippen LogP contribution < -0.4 is 0 Å². The molecule has 0 aliphatic rings. The number of rotatable bonds is 4. The normalized spacial score (nSPS) is 12.2. The van der Waals surface area contributed by atoms with Gasteiger partial charge in [-0.05, 0) is 180 Å². The molecule has 0 N–H and O–H groups in total. The van der Waals surface area contributed by atoms with E-state index in [0.29, 0.717) is 0 Å². The van der Waals surface area contributed by atoms with Crippen LogP contribution in [0.15, 0.2) is 261 Å². The topological polar surface area (TPSA) is 4.93 Å². The molecule has 2 heterocycles. The minimum atomic E-state index is 1.15. The summed E-state index contributed by atoms with van der Waals surface area (Å²) >= 11 is 1.87. The standard InChI is InChI=1S/C74H43NS/c1-2-14-52(15-3-1)75-69-42-46(24-31-59(69)60-32-25-50(43-70(60)75)66-41-51-27-30-57-53-16-6-4-12-44(53)22-33-63(57)73(51)62-20-9-8-18-56(62)66)45-23-29-54-48(38-45)26-34-64-58(54)35-36-65-67(39-47-13-5-7-17-55(47)74(64)65)49-28-37-72-68(40-49)61-19-10-11-21-71(61)76-72/h1-43H. The summed E-state index contributed by atoms with van der Waals surface area (Å²) in [4.78, 5) is 0. The minimum absolute atomic E-state index is 1.15. The van der Waals surface area contributed by atoms with Gasteiger partial charge in [0.25, 0.3) is 0 Å². The summed E-state index contributed by atoms with van der Waals surface area (Å²) in [6.45, 7) is 0. The molecule has 1 nitrogen and oxygen atoms in total. The van der Waals surface area contributed by atoms with E-state index in [4.69, 9.17) is 0 Å². The van der Waals surface area contributed by atoms with E-state index in [0.717, 1.165) is 5.69 Å². The van der Waals surface area contributed by atoms with Crippen molar-refractivity contribution in [1.29, 1.82) is 0 Å². The van der Waals surface area contributed by atoms with Gasteiger partial charge in [-0.2, -0.15) is 0 Å². The SMILES string of the molecule is c1ccc(-n2c3cc(-c4ccc5c(ccc6c5ccc5c(-c7ccc8sc9ccccc9c8c7)cc7ccccc7c56)c4)ccc3c3ccc(-c4cc5ccc6c7ccccc7ccc6c5c5ccccc45)cc32)cc1. The first-order valence-electron chi connectivity index (χ1n) is 26.3. The maximum atomic E-state index is 2.47. The van der Waals surface area contributed by atoms with Crippen molar-refractivity contribution in [3.05, 3.63) is 261 Å². The summed E-state index contributed by atoms with van der Waals surface area (Å²) in [5, 5.41) is 25.6. The minimum Gasteiger partial charge on any atom is -0.309 e. The Morgan fingerprint density at radius 2 is 0.697 bits per heavy atom. The lowest BCUT2D eigenvalue weighted by atomic mass is 9.88. The second-order valence-electron chi connectivity index (χ2n) is 20.7. The lowest BCUT2D eigenvalue weighted by Crippen LogP contribution is -1.94. The van der Waals surface area contributed by atoms with Crippen LogP contribution in [0.2, 0.25) is 0 Å². The van der Waals surface area contributed by atoms with Crippen LogP contribution in [0, 0.1) is 0 Å². The van der Waals surface area contributed by atoms with Crippen LogP contribution in [0.3, 0.4) is 0 Å². The highest BCUT2D eigenvalue weighted by Gasteiger charge is 2.19. The fraction of sp³-hybridized carbons (Fsp3) is 0. The maximum Gasteiger partial charge on any atom is 0.0547 e. The monoisotopic (exact) mass is 977 g/mol. The largest absolute Gasteiger partial charge is 0.309 e. The molecule has 0 spiro atoms. The van der Waals surface area contributed by atoms with E-state index >= 15 is 0 Å². The van der Waals surface area contributed by atoms with Crippen LogP contribution in [-0.2, 0) is 0 Å². The predicted molar refractivity (Wildman–Crippen MR) is 330 cm³/mol. The number of hydrogen-bond acceptors (Lipinski definition) is 1. The molecule has 76 heavy (non-hydrogen) atoms. The van der Waals surface area contributed by atoms with Gasteiger partial charge >= 0.3 is 0 Å². The van der Waals surface area contributed by atoms with Gasteiger partial charge in [-0.15, -0.1) is 11.3 Å². The zero-order valence-electron chi connectivity index (χ0n) is 41.2. The van der Waals surface area contributed by atoms with Crippen molar-refractivity contribution in [2.45, 2.75) is 0 Å². The van der Waals surface area contributed by atoms with Crippen molar-refractivity contribution in [2.75, 3.05) is 0 Å². The predicted octanol–water partition coefficient (Wildman–Crippen LogP) is 21.4. The number of benzene rings is 15. The third kappa shape index (κ3) is 6.08. The van der Waals surface area contributed by atoms with Crippen LogP contribution in [-0.4, -0.2) is 4.57 Å². The van der Waals surface area contributed by atoms with E-state index in [1.165, 1.54) is 162 Å². The molecular formula is C74H43NS. The van der Waals surface area contributed by atoms with Gasteiger partial charge in [-0.3, -0.25) is 0 Å². The molecule has 0 amide bonds. The Morgan fingerprint density at radius 3 is 1.53 bits per heavy atom. The van der Waals surface area contributed by atoms with Gasteiger partial charge in [0, 0.05) is 36.6 Å². The number of hydrogen-bond donors (Lipinski definition) is 0. The quantitative estimate of drug-likeness (QED) is 0.155. The van der Waals surface area contributed by atoms with Crippen LogP contribution >= 0.6 is 11.3 Å². The molecule has 17 aromatic rings. The van der Waals surface area contributed by atoms with Gasteiger partial charge in [0.05, 0.1) is 11.0 Å². The lowest BCUT2D eigenvalue weighted by molar-refractivity contribution is 1.18. The zero-order chi connectivity index (χ0) is 49.6. The highest BCUT2D eigenvalue weighted by Crippen LogP contribution is 2.46. The Labute approximate surface area is 441 Å². The fourth-order valence-corrected chi connectivity index (χ4v) is 14.3. The smallest absolute Gasteiger partial charge is 0.0547 e. The molecule has 0 saturated heterocycles. The molecule has 0 aliphatic carbocycles. The molecule has 15 aromatic carbocycles. The summed E-state index contributed by atoms with van der Waals surface area (Å²) in [6.07, 6.45) is 0. The Hall–Kier alpha value is -9.60. The van der Waals surface area contributed by atoms with Crippen molar-refractivity contribution < 1.29 is 0 Å². The fourth-order valence-electron chi connectivity index (χ4n) is 13.2. The molecule has 350 valence electrons. The molecule has 0 fully saturated rings. The first-order chi connectivity index (χ1) is 37.7. The van der Waals surface area contributed by atoms with Crippen molar-refractivity contribution in [2.24, 2.45) is 0 Å². The van der Waals surface area contributed by atoms with E-state index in [2.05, 4.69) is 265 Å². The Kier molecular flexibility index (Phi) is 8.78. The van der Waals surface area contributed by atoms with Crippen LogP contribution in [0.5, 0.6) is 0 Å². The van der Waals surface area contributed by atoms with E-state index in [1.54, 1.807) is 0 Å². The molecule has 0 unspecified atom stereocenters. The highest BCUT2D eigenvalue weighted by molar-refractivity contribution is 7.25. The van der Waals surface area contributed by atoms with E-state index < -0.39 is 0 Å². The van der Waals surface area contributed by atoms with Crippen LogP contribution in [0.1, 0.15) is 0 Å². The molecule has 2 heteroatoms. The number of nitrogens with zero attached hydrogens (tertiary/aromatic N) is 1. The third-order valence-electron chi connectivity index (χ3n) is 16.7. The van der Waals surface area contributed by atoms with Crippen molar-refractivity contribution >= 4 is 139 Å². The molecule has 2 aromatic heterocycles. The van der Waals surface area contributed by atoms with Crippen molar-refractivity contribution in [1.82, 2.24) is 4.57 Å². The molecule has 0 aliphatic heterocycles. The van der Waals surface area contributed by atoms with Gasteiger partial charge in [-0.1, -0.05) is 200 Å². The lowest BCUT2D eigenvalue weighted by Gasteiger charge is -2.15. The average Bonchev–Trinajstić information content (AvgIpc) is 4.06. The molecule has 0 bridgehead atoms. The summed E-state index contributed by atoms with van der Waals surface area (Å²) in [7, 11) is 0. The summed E-state index contributed by atoms with van der Waals surface area (Å²) in [6, 6.07) is 98.0. The molecule has 0 atom stereocenters. The second kappa shape index (κ2) is 16.0. The molecule has 0 saturated carbocycles. The van der Waals surface area contributed by atoms with Gasteiger partial charge in [-0.25, -0.2) is 0 Å². The van der Waals surface area contributed by atoms with Gasteiger partial charge < -0.3 is 4.57 Å².